The van der Waals surface area contributed by atoms with Crippen LogP contribution in [0.25, 0.3) is 0 Å². The molecular weight excluding hydrogens is 224 g/mol. The quantitative estimate of drug-likeness (QED) is 0.846. The summed E-state index contributed by atoms with van der Waals surface area (Å²) in [5, 5.41) is 2.82. The molecule has 0 saturated heterocycles. The smallest absolute Gasteiger partial charge is 0.261 e. The van der Waals surface area contributed by atoms with E-state index in [1.54, 1.807) is 13.2 Å². The first-order valence-corrected chi connectivity index (χ1v) is 5.86. The number of carbonyl (C=O) groups excluding carboxylic acids is 1. The van der Waals surface area contributed by atoms with E-state index in [0.717, 1.165) is 4.88 Å². The van der Waals surface area contributed by atoms with Crippen molar-refractivity contribution in [3.05, 3.63) is 15.8 Å². The van der Waals surface area contributed by atoms with Crippen LogP contribution in [0.3, 0.4) is 0 Å². The van der Waals surface area contributed by atoms with Crippen molar-refractivity contribution in [2.24, 2.45) is 0 Å². The molecule has 0 aliphatic heterocycles. The highest BCUT2D eigenvalue weighted by Crippen LogP contribution is 2.23. The first-order chi connectivity index (χ1) is 7.35. The highest BCUT2D eigenvalue weighted by atomic mass is 32.1. The van der Waals surface area contributed by atoms with Crippen molar-refractivity contribution in [1.82, 2.24) is 5.32 Å². The number of hydrogen-bond donors (Lipinski definition) is 2. The van der Waals surface area contributed by atoms with Crippen LogP contribution in [0.4, 0.5) is 5.69 Å². The highest BCUT2D eigenvalue weighted by Gasteiger charge is 2.18. The Morgan fingerprint density at radius 3 is 2.69 bits per heavy atom. The Bertz CT molecular complexity index is 366. The van der Waals surface area contributed by atoms with Crippen molar-refractivity contribution in [3.8, 4) is 0 Å². The lowest BCUT2D eigenvalue weighted by atomic mass is 10.1. The largest absolute Gasteiger partial charge is 0.398 e. The predicted octanol–water partition coefficient (Wildman–Crippen LogP) is 1.79. The van der Waals surface area contributed by atoms with E-state index in [9.17, 15) is 4.79 Å². The van der Waals surface area contributed by atoms with Gasteiger partial charge in [0.2, 0.25) is 0 Å². The zero-order valence-electron chi connectivity index (χ0n) is 10.1. The van der Waals surface area contributed by atoms with Gasteiger partial charge in [-0.25, -0.2) is 0 Å². The van der Waals surface area contributed by atoms with Crippen molar-refractivity contribution in [1.29, 1.82) is 0 Å². The minimum Gasteiger partial charge on any atom is -0.398 e. The summed E-state index contributed by atoms with van der Waals surface area (Å²) in [6.45, 7) is 6.21. The van der Waals surface area contributed by atoms with Crippen molar-refractivity contribution < 1.29 is 9.53 Å². The van der Waals surface area contributed by atoms with E-state index in [0.29, 0.717) is 17.1 Å². The SMILES string of the molecule is COC(C)(C)CNC(=O)c1cc(N)c(C)s1. The maximum absolute atomic E-state index is 11.8. The Morgan fingerprint density at radius 1 is 1.62 bits per heavy atom. The molecule has 0 aliphatic rings. The van der Waals surface area contributed by atoms with Crippen LogP contribution in [0.15, 0.2) is 6.07 Å². The van der Waals surface area contributed by atoms with Crippen LogP contribution in [0.2, 0.25) is 0 Å². The van der Waals surface area contributed by atoms with Gasteiger partial charge in [0.15, 0.2) is 0 Å². The first-order valence-electron chi connectivity index (χ1n) is 5.05. The molecule has 3 N–H and O–H groups in total. The number of nitrogens with two attached hydrogens (primary N) is 1. The van der Waals surface area contributed by atoms with Crippen LogP contribution < -0.4 is 11.1 Å². The number of aryl methyl sites for hydroxylation is 1. The van der Waals surface area contributed by atoms with Gasteiger partial charge in [0, 0.05) is 24.2 Å². The monoisotopic (exact) mass is 242 g/mol. The number of thiophene rings is 1. The lowest BCUT2D eigenvalue weighted by Gasteiger charge is -2.22. The van der Waals surface area contributed by atoms with Gasteiger partial charge in [0.05, 0.1) is 10.5 Å². The molecule has 90 valence electrons. The van der Waals surface area contributed by atoms with Gasteiger partial charge in [0.1, 0.15) is 0 Å². The number of carbonyl (C=O) groups is 1. The Hall–Kier alpha value is -1.07. The average molecular weight is 242 g/mol. The summed E-state index contributed by atoms with van der Waals surface area (Å²) >= 11 is 1.40. The number of amides is 1. The Kier molecular flexibility index (Phi) is 3.93. The number of ether oxygens (including phenoxy) is 1. The molecule has 0 bridgehead atoms. The normalized spacial score (nSPS) is 11.5. The molecule has 0 aliphatic carbocycles. The second-order valence-electron chi connectivity index (χ2n) is 4.27. The van der Waals surface area contributed by atoms with Gasteiger partial charge >= 0.3 is 0 Å². The van der Waals surface area contributed by atoms with Crippen LogP contribution in [0, 0.1) is 6.92 Å². The molecule has 0 unspecified atom stereocenters. The molecule has 0 fully saturated rings. The van der Waals surface area contributed by atoms with Gasteiger partial charge in [-0.3, -0.25) is 4.79 Å². The number of methoxy groups -OCH3 is 1. The summed E-state index contributed by atoms with van der Waals surface area (Å²) in [6.07, 6.45) is 0. The van der Waals surface area contributed by atoms with Crippen molar-refractivity contribution >= 4 is 22.9 Å². The topological polar surface area (TPSA) is 64.3 Å². The summed E-state index contributed by atoms with van der Waals surface area (Å²) in [4.78, 5) is 13.4. The minimum absolute atomic E-state index is 0.102. The molecular formula is C11H18N2O2S. The number of nitrogens with one attached hydrogen (secondary N) is 1. The molecule has 16 heavy (non-hydrogen) atoms. The minimum atomic E-state index is -0.354. The maximum atomic E-state index is 11.8. The average Bonchev–Trinajstić information content (AvgIpc) is 2.56. The van der Waals surface area contributed by atoms with Crippen LogP contribution in [0.5, 0.6) is 0 Å². The van der Waals surface area contributed by atoms with Gasteiger partial charge in [0.25, 0.3) is 5.91 Å². The number of nitrogen functional groups attached to an aromatic ring is 1. The fourth-order valence-corrected chi connectivity index (χ4v) is 1.92. The van der Waals surface area contributed by atoms with Crippen LogP contribution in [-0.4, -0.2) is 25.2 Å². The van der Waals surface area contributed by atoms with Gasteiger partial charge in [-0.15, -0.1) is 11.3 Å². The van der Waals surface area contributed by atoms with E-state index >= 15 is 0 Å². The third-order valence-corrected chi connectivity index (χ3v) is 3.47. The Balaban J connectivity index is 2.60. The third kappa shape index (κ3) is 3.21. The molecule has 0 radical (unpaired) electrons. The predicted molar refractivity (Wildman–Crippen MR) is 66.9 cm³/mol. The van der Waals surface area contributed by atoms with E-state index in [-0.39, 0.29) is 11.5 Å². The summed E-state index contributed by atoms with van der Waals surface area (Å²) in [7, 11) is 1.62. The first kappa shape index (κ1) is 13.0. The summed E-state index contributed by atoms with van der Waals surface area (Å²) in [5.74, 6) is -0.102. The number of hydrogen-bond acceptors (Lipinski definition) is 4. The zero-order chi connectivity index (χ0) is 12.3. The van der Waals surface area contributed by atoms with Crippen molar-refractivity contribution in [3.63, 3.8) is 0 Å². The van der Waals surface area contributed by atoms with Gasteiger partial charge < -0.3 is 15.8 Å². The van der Waals surface area contributed by atoms with Gasteiger partial charge in [-0.1, -0.05) is 0 Å². The highest BCUT2D eigenvalue weighted by molar-refractivity contribution is 7.14. The second kappa shape index (κ2) is 4.84. The fraction of sp³-hybridized carbons (Fsp3) is 0.545. The molecule has 4 nitrogen and oxygen atoms in total. The molecule has 0 aromatic carbocycles. The standard InChI is InChI=1S/C11H18N2O2S/c1-7-8(12)5-9(16-7)10(14)13-6-11(2,3)15-4/h5H,6,12H2,1-4H3,(H,13,14). The van der Waals surface area contributed by atoms with Crippen molar-refractivity contribution in [2.75, 3.05) is 19.4 Å². The molecule has 0 spiro atoms. The third-order valence-electron chi connectivity index (χ3n) is 2.41. The van der Waals surface area contributed by atoms with Gasteiger partial charge in [-0.2, -0.15) is 0 Å². The van der Waals surface area contributed by atoms with Gasteiger partial charge in [-0.05, 0) is 26.8 Å². The molecule has 1 rings (SSSR count). The Labute approximate surface area is 99.8 Å². The van der Waals surface area contributed by atoms with Crippen LogP contribution in [-0.2, 0) is 4.74 Å². The molecule has 1 amide bonds. The maximum Gasteiger partial charge on any atom is 0.261 e. The van der Waals surface area contributed by atoms with E-state index < -0.39 is 0 Å². The lowest BCUT2D eigenvalue weighted by molar-refractivity contribution is 0.0229. The second-order valence-corrected chi connectivity index (χ2v) is 5.52. The number of rotatable bonds is 4. The van der Waals surface area contributed by atoms with Crippen LogP contribution >= 0.6 is 11.3 Å². The number of anilines is 1. The summed E-state index contributed by atoms with van der Waals surface area (Å²) < 4.78 is 5.22. The molecule has 1 aromatic heterocycles. The molecule has 5 heteroatoms. The Morgan fingerprint density at radius 2 is 2.25 bits per heavy atom. The van der Waals surface area contributed by atoms with Crippen molar-refractivity contribution in [2.45, 2.75) is 26.4 Å². The van der Waals surface area contributed by atoms with E-state index in [4.69, 9.17) is 10.5 Å². The summed E-state index contributed by atoms with van der Waals surface area (Å²) in [6, 6.07) is 1.70. The van der Waals surface area contributed by atoms with E-state index in [1.165, 1.54) is 11.3 Å². The molecule has 1 heterocycles. The fourth-order valence-electron chi connectivity index (χ4n) is 1.06. The molecule has 0 saturated carbocycles. The zero-order valence-corrected chi connectivity index (χ0v) is 10.9. The van der Waals surface area contributed by atoms with Crippen LogP contribution in [0.1, 0.15) is 28.4 Å². The lowest BCUT2D eigenvalue weighted by Crippen LogP contribution is -2.39. The summed E-state index contributed by atoms with van der Waals surface area (Å²) in [5.41, 5.74) is 6.01. The van der Waals surface area contributed by atoms with E-state index in [1.807, 2.05) is 20.8 Å². The molecule has 1 aromatic rings. The molecule has 0 atom stereocenters. The van der Waals surface area contributed by atoms with E-state index in [2.05, 4.69) is 5.32 Å².